The molecule has 0 radical (unpaired) electrons. The van der Waals surface area contributed by atoms with Crippen molar-refractivity contribution in [1.29, 1.82) is 0 Å². The van der Waals surface area contributed by atoms with Crippen LogP contribution in [0.15, 0.2) is 0 Å². The molecular weight excluding hydrogens is 366 g/mol. The fraction of sp³-hybridized carbons (Fsp3) is 1.00. The van der Waals surface area contributed by atoms with Crippen LogP contribution >= 0.6 is 0 Å². The Kier molecular flexibility index (Phi) is 25.7. The second kappa shape index (κ2) is 24.1. The largest absolute Gasteiger partial charge is 0.870 e. The molecule has 0 aromatic carbocycles. The van der Waals surface area contributed by atoms with Crippen LogP contribution in [-0.2, 0) is 0 Å². The van der Waals surface area contributed by atoms with E-state index in [-0.39, 0.29) is 25.3 Å². The number of hydrogen-bond donors (Lipinski definition) is 3. The zero-order chi connectivity index (χ0) is 20.8. The Labute approximate surface area is 181 Å². The summed E-state index contributed by atoms with van der Waals surface area (Å²) in [6.45, 7) is 5.53. The Balaban J connectivity index is 0. The van der Waals surface area contributed by atoms with Crippen molar-refractivity contribution < 1.29 is 25.3 Å². The van der Waals surface area contributed by atoms with Gasteiger partial charge in [-0.1, -0.05) is 96.8 Å². The molecule has 0 atom stereocenters. The van der Waals surface area contributed by atoms with Gasteiger partial charge in [0, 0.05) is 0 Å². The van der Waals surface area contributed by atoms with Crippen LogP contribution in [0.25, 0.3) is 0 Å². The van der Waals surface area contributed by atoms with Gasteiger partial charge in [-0.05, 0) is 12.8 Å². The molecule has 0 fully saturated rings. The normalized spacial score (nSPS) is 11.6. The van der Waals surface area contributed by atoms with Crippen molar-refractivity contribution in [2.24, 2.45) is 0 Å². The maximum absolute atomic E-state index is 9.31. The monoisotopic (exact) mass is 419 g/mol. The van der Waals surface area contributed by atoms with Gasteiger partial charge in [-0.25, -0.2) is 0 Å². The van der Waals surface area contributed by atoms with Gasteiger partial charge in [0.2, 0.25) is 0 Å². The summed E-state index contributed by atoms with van der Waals surface area (Å²) in [7, 11) is 0. The van der Waals surface area contributed by atoms with Crippen LogP contribution in [-0.4, -0.2) is 71.3 Å². The first-order chi connectivity index (χ1) is 13.7. The van der Waals surface area contributed by atoms with Crippen LogP contribution in [0.5, 0.6) is 0 Å². The molecule has 0 saturated heterocycles. The van der Waals surface area contributed by atoms with Crippen LogP contribution in [0.1, 0.15) is 110 Å². The molecule has 0 saturated carbocycles. The Morgan fingerprint density at radius 3 is 0.966 bits per heavy atom. The molecule has 4 N–H and O–H groups in total. The Hall–Kier alpha value is -0.200. The number of hydrogen-bond acceptors (Lipinski definition) is 4. The Morgan fingerprint density at radius 1 is 0.414 bits per heavy atom. The molecule has 5 heteroatoms. The van der Waals surface area contributed by atoms with Crippen molar-refractivity contribution in [2.75, 3.05) is 46.0 Å². The van der Waals surface area contributed by atoms with Crippen LogP contribution in [0, 0.1) is 0 Å². The van der Waals surface area contributed by atoms with Gasteiger partial charge >= 0.3 is 0 Å². The number of rotatable bonds is 23. The summed E-state index contributed by atoms with van der Waals surface area (Å²) in [5, 5.41) is 27.9. The fourth-order valence-corrected chi connectivity index (χ4v) is 4.30. The first-order valence-corrected chi connectivity index (χ1v) is 12.4. The number of aliphatic hydroxyl groups excluding tert-OH is 3. The van der Waals surface area contributed by atoms with Gasteiger partial charge in [0.1, 0.15) is 19.6 Å². The molecule has 0 aromatic heterocycles. The minimum Gasteiger partial charge on any atom is -0.870 e. The van der Waals surface area contributed by atoms with E-state index in [1.807, 2.05) is 0 Å². The molecule has 5 nitrogen and oxygen atoms in total. The summed E-state index contributed by atoms with van der Waals surface area (Å²) in [4.78, 5) is 0. The molecule has 0 unspecified atom stereocenters. The van der Waals surface area contributed by atoms with Crippen molar-refractivity contribution in [3.05, 3.63) is 0 Å². The van der Waals surface area contributed by atoms with E-state index in [0.29, 0.717) is 24.1 Å². The number of aliphatic hydroxyl groups is 3. The molecule has 0 aliphatic rings. The molecule has 0 bridgehead atoms. The minimum absolute atomic E-state index is 0. The molecular formula is C24H53NO4. The smallest absolute Gasteiger partial charge is 0.102 e. The lowest BCUT2D eigenvalue weighted by Crippen LogP contribution is -2.53. The highest BCUT2D eigenvalue weighted by molar-refractivity contribution is 4.51. The van der Waals surface area contributed by atoms with Gasteiger partial charge in [-0.3, -0.25) is 0 Å². The molecule has 178 valence electrons. The van der Waals surface area contributed by atoms with Gasteiger partial charge in [0.05, 0.1) is 26.4 Å². The highest BCUT2D eigenvalue weighted by Gasteiger charge is 2.25. The van der Waals surface area contributed by atoms with Gasteiger partial charge in [0.15, 0.2) is 0 Å². The SMILES string of the molecule is CCCCCCCCCCCCCCCCCC[N+](CCO)(CCO)CCO.[OH-]. The lowest BCUT2D eigenvalue weighted by Gasteiger charge is -2.37. The van der Waals surface area contributed by atoms with E-state index >= 15 is 0 Å². The van der Waals surface area contributed by atoms with Crippen molar-refractivity contribution in [3.8, 4) is 0 Å². The quantitative estimate of drug-likeness (QED) is 0.163. The Bertz CT molecular complexity index is 286. The molecule has 29 heavy (non-hydrogen) atoms. The first kappa shape index (κ1) is 31.0. The molecule has 0 heterocycles. The minimum atomic E-state index is 0. The predicted molar refractivity (Wildman–Crippen MR) is 122 cm³/mol. The average Bonchev–Trinajstić information content (AvgIpc) is 2.68. The maximum atomic E-state index is 9.31. The second-order valence-electron chi connectivity index (χ2n) is 8.71. The van der Waals surface area contributed by atoms with Crippen molar-refractivity contribution >= 4 is 0 Å². The van der Waals surface area contributed by atoms with Gasteiger partial charge in [-0.2, -0.15) is 0 Å². The lowest BCUT2D eigenvalue weighted by atomic mass is 10.0. The van der Waals surface area contributed by atoms with Crippen molar-refractivity contribution in [1.82, 2.24) is 0 Å². The van der Waals surface area contributed by atoms with Gasteiger partial charge in [-0.15, -0.1) is 0 Å². The van der Waals surface area contributed by atoms with E-state index in [0.717, 1.165) is 13.0 Å². The topological polar surface area (TPSA) is 90.7 Å². The molecule has 0 rings (SSSR count). The molecule has 0 aliphatic heterocycles. The summed E-state index contributed by atoms with van der Waals surface area (Å²) in [5.41, 5.74) is 0. The summed E-state index contributed by atoms with van der Waals surface area (Å²) in [5.74, 6) is 0. The summed E-state index contributed by atoms with van der Waals surface area (Å²) < 4.78 is 0.655. The van der Waals surface area contributed by atoms with Crippen LogP contribution < -0.4 is 0 Å². The van der Waals surface area contributed by atoms with Crippen LogP contribution in [0.4, 0.5) is 0 Å². The zero-order valence-corrected chi connectivity index (χ0v) is 19.5. The molecule has 0 aromatic rings. The van der Waals surface area contributed by atoms with Gasteiger partial charge in [0.25, 0.3) is 0 Å². The third-order valence-corrected chi connectivity index (χ3v) is 6.21. The average molecular weight is 420 g/mol. The second-order valence-corrected chi connectivity index (χ2v) is 8.71. The van der Waals surface area contributed by atoms with Crippen molar-refractivity contribution in [3.63, 3.8) is 0 Å². The van der Waals surface area contributed by atoms with E-state index in [1.54, 1.807) is 0 Å². The molecule has 0 spiro atoms. The third-order valence-electron chi connectivity index (χ3n) is 6.21. The maximum Gasteiger partial charge on any atom is 0.102 e. The summed E-state index contributed by atoms with van der Waals surface area (Å²) in [6.07, 6.45) is 21.9. The highest BCUT2D eigenvalue weighted by Crippen LogP contribution is 2.15. The fourth-order valence-electron chi connectivity index (χ4n) is 4.30. The lowest BCUT2D eigenvalue weighted by molar-refractivity contribution is -0.929. The molecule has 0 amide bonds. The summed E-state index contributed by atoms with van der Waals surface area (Å²) >= 11 is 0. The summed E-state index contributed by atoms with van der Waals surface area (Å²) in [6, 6.07) is 0. The Morgan fingerprint density at radius 2 is 0.690 bits per heavy atom. The first-order valence-electron chi connectivity index (χ1n) is 12.4. The van der Waals surface area contributed by atoms with Gasteiger partial charge < -0.3 is 25.3 Å². The zero-order valence-electron chi connectivity index (χ0n) is 19.5. The standard InChI is InChI=1S/C24H52NO3.H2O/c1-2-3-4-5-6-7-8-9-10-11-12-13-14-15-16-17-18-25(19-22-26,20-23-27)21-24-28;/h26-28H,2-24H2,1H3;1H2/q+1;/p-1. The van der Waals surface area contributed by atoms with E-state index in [2.05, 4.69) is 6.92 Å². The number of quaternary nitrogens is 1. The predicted octanol–water partition coefficient (Wildman–Crippen LogP) is 4.86. The van der Waals surface area contributed by atoms with E-state index in [4.69, 9.17) is 0 Å². The third kappa shape index (κ3) is 19.5. The van der Waals surface area contributed by atoms with Crippen LogP contribution in [0.2, 0.25) is 0 Å². The number of unbranched alkanes of at least 4 members (excludes halogenated alkanes) is 15. The van der Waals surface area contributed by atoms with E-state index in [9.17, 15) is 15.3 Å². The van der Waals surface area contributed by atoms with E-state index in [1.165, 1.54) is 96.3 Å². The van der Waals surface area contributed by atoms with Crippen LogP contribution in [0.3, 0.4) is 0 Å². The van der Waals surface area contributed by atoms with E-state index < -0.39 is 0 Å². The highest BCUT2D eigenvalue weighted by atomic mass is 16.3. The molecule has 0 aliphatic carbocycles. The van der Waals surface area contributed by atoms with Crippen molar-refractivity contribution in [2.45, 2.75) is 110 Å². The number of nitrogens with zero attached hydrogens (tertiary/aromatic N) is 1.